The molecule has 0 aromatic heterocycles. The van der Waals surface area contributed by atoms with E-state index in [4.69, 9.17) is 3.76 Å². The molecule has 0 saturated heterocycles. The quantitative estimate of drug-likeness (QED) is 0.774. The van der Waals surface area contributed by atoms with Gasteiger partial charge >= 0.3 is 138 Å². The molecule has 0 spiro atoms. The number of benzene rings is 1. The van der Waals surface area contributed by atoms with Crippen LogP contribution in [-0.4, -0.2) is 41.9 Å². The molecule has 21 heavy (non-hydrogen) atoms. The van der Waals surface area contributed by atoms with Crippen molar-refractivity contribution in [2.45, 2.75) is 58.9 Å². The Morgan fingerprint density at radius 2 is 1.57 bits per heavy atom. The zero-order valence-electron chi connectivity index (χ0n) is 15.2. The minimum atomic E-state index is -0.533. The molecule has 2 nitrogen and oxygen atoms in total. The van der Waals surface area contributed by atoms with Crippen LogP contribution in [0.1, 0.15) is 58.2 Å². The molecule has 0 saturated carbocycles. The minimum absolute atomic E-state index is 0.152. The van der Waals surface area contributed by atoms with Crippen molar-refractivity contribution in [3.05, 3.63) is 28.8 Å². The summed E-state index contributed by atoms with van der Waals surface area (Å²) in [5.41, 5.74) is 4.66. The Morgan fingerprint density at radius 3 is 1.95 bits per heavy atom. The van der Waals surface area contributed by atoms with E-state index in [0.29, 0.717) is 0 Å². The van der Waals surface area contributed by atoms with Crippen molar-refractivity contribution in [1.29, 1.82) is 0 Å². The van der Waals surface area contributed by atoms with Crippen LogP contribution in [0.2, 0.25) is 0 Å². The van der Waals surface area contributed by atoms with Gasteiger partial charge in [0.2, 0.25) is 0 Å². The average molecular weight is 350 g/mol. The van der Waals surface area contributed by atoms with E-state index in [9.17, 15) is 0 Å². The van der Waals surface area contributed by atoms with Gasteiger partial charge < -0.3 is 0 Å². The van der Waals surface area contributed by atoms with E-state index in [0.717, 1.165) is 6.54 Å². The van der Waals surface area contributed by atoms with Gasteiger partial charge in [-0.1, -0.05) is 0 Å². The van der Waals surface area contributed by atoms with Gasteiger partial charge in [-0.05, 0) is 0 Å². The Hall–Kier alpha value is -0.317. The van der Waals surface area contributed by atoms with Crippen LogP contribution in [-0.2, 0) is 21.1 Å². The first kappa shape index (κ1) is 18.7. The second-order valence-electron chi connectivity index (χ2n) is 8.10. The van der Waals surface area contributed by atoms with E-state index in [2.05, 4.69) is 72.7 Å². The second kappa shape index (κ2) is 6.84. The summed E-state index contributed by atoms with van der Waals surface area (Å²) in [4.78, 5) is 2.25. The van der Waals surface area contributed by atoms with Crippen molar-refractivity contribution in [2.75, 3.05) is 21.2 Å². The average Bonchev–Trinajstić information content (AvgIpc) is 2.27. The van der Waals surface area contributed by atoms with Crippen LogP contribution in [0.25, 0.3) is 0 Å². The second-order valence-corrected chi connectivity index (χ2v) is 10.4. The summed E-state index contributed by atoms with van der Waals surface area (Å²) in [5, 5.41) is 0. The Labute approximate surface area is 138 Å². The van der Waals surface area contributed by atoms with E-state index in [1.807, 2.05) is 7.11 Å². The predicted molar refractivity (Wildman–Crippen MR) is 93.6 cm³/mol. The van der Waals surface area contributed by atoms with Crippen LogP contribution < -0.4 is 4.40 Å². The standard InChI is InChI=1S/C18H31GeNO/c1-17(2,3)14-10-13(12-20(7)8)16(19-21-9)15(11-14)18(4,5)6/h10-11H,12H2,1-9H3. The summed E-state index contributed by atoms with van der Waals surface area (Å²) in [6.07, 6.45) is 0. The van der Waals surface area contributed by atoms with Gasteiger partial charge in [-0.2, -0.15) is 0 Å². The monoisotopic (exact) mass is 351 g/mol. The molecule has 2 radical (unpaired) electrons. The van der Waals surface area contributed by atoms with Crippen molar-refractivity contribution in [3.63, 3.8) is 0 Å². The fourth-order valence-electron chi connectivity index (χ4n) is 2.41. The Balaban J connectivity index is 3.57. The third-order valence-electron chi connectivity index (χ3n) is 3.58. The first-order chi connectivity index (χ1) is 9.46. The topological polar surface area (TPSA) is 12.5 Å². The molecule has 0 aliphatic carbocycles. The zero-order chi connectivity index (χ0) is 16.4. The summed E-state index contributed by atoms with van der Waals surface area (Å²) in [5.74, 6) is 0. The normalized spacial score (nSPS) is 13.0. The molecule has 0 aliphatic rings. The third kappa shape index (κ3) is 5.12. The molecule has 3 heteroatoms. The molecule has 0 aliphatic heterocycles. The zero-order valence-corrected chi connectivity index (χ0v) is 17.3. The van der Waals surface area contributed by atoms with E-state index >= 15 is 0 Å². The molecule has 0 unspecified atom stereocenters. The molecule has 1 rings (SSSR count). The van der Waals surface area contributed by atoms with Gasteiger partial charge in [0.15, 0.2) is 0 Å². The molecular weight excluding hydrogens is 319 g/mol. The molecule has 0 bridgehead atoms. The van der Waals surface area contributed by atoms with Crippen molar-refractivity contribution < 1.29 is 3.76 Å². The molecule has 0 atom stereocenters. The maximum atomic E-state index is 5.62. The van der Waals surface area contributed by atoms with Crippen molar-refractivity contribution in [2.24, 2.45) is 0 Å². The van der Waals surface area contributed by atoms with Crippen LogP contribution in [0.4, 0.5) is 0 Å². The van der Waals surface area contributed by atoms with Gasteiger partial charge in [-0.25, -0.2) is 0 Å². The number of hydrogen-bond acceptors (Lipinski definition) is 2. The van der Waals surface area contributed by atoms with Crippen LogP contribution in [0.5, 0.6) is 0 Å². The van der Waals surface area contributed by atoms with Gasteiger partial charge in [0.1, 0.15) is 0 Å². The van der Waals surface area contributed by atoms with Crippen molar-refractivity contribution in [3.8, 4) is 0 Å². The Kier molecular flexibility index (Phi) is 6.10. The summed E-state index contributed by atoms with van der Waals surface area (Å²) in [6, 6.07) is 4.81. The first-order valence-corrected chi connectivity index (χ1v) is 9.49. The summed E-state index contributed by atoms with van der Waals surface area (Å²) in [6.45, 7) is 14.8. The number of nitrogens with zero attached hydrogens (tertiary/aromatic N) is 1. The van der Waals surface area contributed by atoms with Gasteiger partial charge in [0.25, 0.3) is 0 Å². The molecular formula is C18H31GeNO. The SMILES string of the molecule is C[O][Ge][c]1c(CN(C)C)cc(C(C)(C)C)cc1C(C)(C)C. The molecule has 1 aromatic rings. The van der Waals surface area contributed by atoms with Crippen molar-refractivity contribution in [1.82, 2.24) is 4.90 Å². The molecule has 0 heterocycles. The fourth-order valence-corrected chi connectivity index (χ4v) is 4.60. The van der Waals surface area contributed by atoms with Crippen LogP contribution in [0.3, 0.4) is 0 Å². The maximum absolute atomic E-state index is 5.62. The third-order valence-corrected chi connectivity index (χ3v) is 5.68. The van der Waals surface area contributed by atoms with E-state index in [1.54, 1.807) is 0 Å². The van der Waals surface area contributed by atoms with Gasteiger partial charge in [0, 0.05) is 0 Å². The van der Waals surface area contributed by atoms with Gasteiger partial charge in [-0.3, -0.25) is 0 Å². The van der Waals surface area contributed by atoms with Gasteiger partial charge in [0.05, 0.1) is 0 Å². The van der Waals surface area contributed by atoms with E-state index in [1.165, 1.54) is 21.1 Å². The summed E-state index contributed by atoms with van der Waals surface area (Å²) < 4.78 is 7.10. The summed E-state index contributed by atoms with van der Waals surface area (Å²) >= 11 is -0.533. The van der Waals surface area contributed by atoms with E-state index < -0.39 is 15.8 Å². The Bertz CT molecular complexity index is 481. The van der Waals surface area contributed by atoms with Crippen LogP contribution in [0.15, 0.2) is 12.1 Å². The van der Waals surface area contributed by atoms with Crippen molar-refractivity contribution >= 4 is 20.2 Å². The molecule has 0 N–H and O–H groups in total. The van der Waals surface area contributed by atoms with Crippen LogP contribution in [0, 0.1) is 0 Å². The fraction of sp³-hybridized carbons (Fsp3) is 0.667. The molecule has 1 aromatic carbocycles. The van der Waals surface area contributed by atoms with E-state index in [-0.39, 0.29) is 10.8 Å². The number of hydrogen-bond donors (Lipinski definition) is 0. The Morgan fingerprint density at radius 1 is 1.00 bits per heavy atom. The first-order valence-electron chi connectivity index (χ1n) is 7.58. The van der Waals surface area contributed by atoms with Crippen LogP contribution >= 0.6 is 0 Å². The molecule has 0 amide bonds. The molecule has 0 fully saturated rings. The summed E-state index contributed by atoms with van der Waals surface area (Å²) in [7, 11) is 6.11. The predicted octanol–water partition coefficient (Wildman–Crippen LogP) is 3.23. The van der Waals surface area contributed by atoms with Gasteiger partial charge in [-0.15, -0.1) is 0 Å². The number of rotatable bonds is 4. The molecule has 118 valence electrons.